The van der Waals surface area contributed by atoms with Gasteiger partial charge in [0.25, 0.3) is 5.91 Å². The SMILES string of the molecule is COc1ccc(CNC(=O)COC(=O)c2oc3ccc(Cl)cc3c2C)cc1. The maximum Gasteiger partial charge on any atom is 0.375 e. The maximum atomic E-state index is 12.2. The zero-order valence-corrected chi connectivity index (χ0v) is 15.6. The molecule has 3 rings (SSSR count). The number of carbonyl (C=O) groups is 2. The van der Waals surface area contributed by atoms with E-state index < -0.39 is 18.5 Å². The van der Waals surface area contributed by atoms with Gasteiger partial charge in [-0.1, -0.05) is 23.7 Å². The van der Waals surface area contributed by atoms with Crippen LogP contribution in [0.5, 0.6) is 5.75 Å². The Labute approximate surface area is 161 Å². The molecule has 1 amide bonds. The van der Waals surface area contributed by atoms with Crippen LogP contribution in [0.2, 0.25) is 5.02 Å². The lowest BCUT2D eigenvalue weighted by Gasteiger charge is -2.07. The summed E-state index contributed by atoms with van der Waals surface area (Å²) in [5, 5.41) is 3.97. The molecule has 1 N–H and O–H groups in total. The highest BCUT2D eigenvalue weighted by molar-refractivity contribution is 6.31. The van der Waals surface area contributed by atoms with Crippen molar-refractivity contribution in [3.05, 3.63) is 64.4 Å². The lowest BCUT2D eigenvalue weighted by atomic mass is 10.1. The zero-order valence-electron chi connectivity index (χ0n) is 14.9. The predicted molar refractivity (Wildman–Crippen MR) is 101 cm³/mol. The van der Waals surface area contributed by atoms with Crippen LogP contribution in [0.1, 0.15) is 21.7 Å². The van der Waals surface area contributed by atoms with E-state index in [0.29, 0.717) is 22.7 Å². The van der Waals surface area contributed by atoms with Gasteiger partial charge >= 0.3 is 5.97 Å². The summed E-state index contributed by atoms with van der Waals surface area (Å²) in [6.45, 7) is 1.66. The van der Waals surface area contributed by atoms with Gasteiger partial charge in [0.15, 0.2) is 6.61 Å². The fourth-order valence-electron chi connectivity index (χ4n) is 2.58. The molecule has 0 saturated heterocycles. The van der Waals surface area contributed by atoms with Crippen molar-refractivity contribution in [2.45, 2.75) is 13.5 Å². The van der Waals surface area contributed by atoms with Gasteiger partial charge in [0.1, 0.15) is 11.3 Å². The molecule has 140 valence electrons. The maximum absolute atomic E-state index is 12.2. The first-order valence-electron chi connectivity index (χ1n) is 8.23. The molecule has 0 fully saturated rings. The van der Waals surface area contributed by atoms with Gasteiger partial charge in [0.2, 0.25) is 5.76 Å². The second-order valence-corrected chi connectivity index (χ2v) is 6.33. The third-order valence-electron chi connectivity index (χ3n) is 4.07. The number of esters is 1. The van der Waals surface area contributed by atoms with E-state index in [4.69, 9.17) is 25.5 Å². The topological polar surface area (TPSA) is 77.8 Å². The zero-order chi connectivity index (χ0) is 19.4. The highest BCUT2D eigenvalue weighted by atomic mass is 35.5. The van der Waals surface area contributed by atoms with Crippen LogP contribution >= 0.6 is 11.6 Å². The number of benzene rings is 2. The number of nitrogens with one attached hydrogen (secondary N) is 1. The average Bonchev–Trinajstić information content (AvgIpc) is 3.01. The lowest BCUT2D eigenvalue weighted by Crippen LogP contribution is -2.28. The quantitative estimate of drug-likeness (QED) is 0.649. The number of aryl methyl sites for hydroxylation is 1. The van der Waals surface area contributed by atoms with Crippen molar-refractivity contribution in [2.24, 2.45) is 0 Å². The van der Waals surface area contributed by atoms with Gasteiger partial charge in [-0.3, -0.25) is 4.79 Å². The van der Waals surface area contributed by atoms with Crippen molar-refractivity contribution in [2.75, 3.05) is 13.7 Å². The molecule has 0 saturated carbocycles. The van der Waals surface area contributed by atoms with Crippen LogP contribution in [-0.4, -0.2) is 25.6 Å². The number of ether oxygens (including phenoxy) is 2. The van der Waals surface area contributed by atoms with E-state index in [9.17, 15) is 9.59 Å². The van der Waals surface area contributed by atoms with E-state index in [1.165, 1.54) is 0 Å². The second kappa shape index (κ2) is 8.14. The molecule has 0 bridgehead atoms. The first-order valence-corrected chi connectivity index (χ1v) is 8.61. The summed E-state index contributed by atoms with van der Waals surface area (Å²) in [4.78, 5) is 24.1. The van der Waals surface area contributed by atoms with Crippen molar-refractivity contribution in [1.82, 2.24) is 5.32 Å². The Bertz CT molecular complexity index is 978. The Balaban J connectivity index is 1.55. The number of carbonyl (C=O) groups excluding carboxylic acids is 2. The van der Waals surface area contributed by atoms with Gasteiger partial charge in [-0.2, -0.15) is 0 Å². The normalized spacial score (nSPS) is 10.6. The van der Waals surface area contributed by atoms with Crippen LogP contribution in [0.15, 0.2) is 46.9 Å². The largest absolute Gasteiger partial charge is 0.497 e. The minimum atomic E-state index is -0.695. The Morgan fingerprint density at radius 2 is 1.89 bits per heavy atom. The molecule has 0 atom stereocenters. The standard InChI is InChI=1S/C20H18ClNO5/c1-12-16-9-14(21)5-8-17(16)27-19(12)20(24)26-11-18(23)22-10-13-3-6-15(25-2)7-4-13/h3-9H,10-11H2,1-2H3,(H,22,23). The number of hydrogen-bond donors (Lipinski definition) is 1. The summed E-state index contributed by atoms with van der Waals surface area (Å²) in [6, 6.07) is 12.4. The summed E-state index contributed by atoms with van der Waals surface area (Å²) in [6.07, 6.45) is 0. The number of rotatable bonds is 6. The smallest absolute Gasteiger partial charge is 0.375 e. The molecule has 0 radical (unpaired) electrons. The van der Waals surface area contributed by atoms with Crippen molar-refractivity contribution in [3.8, 4) is 5.75 Å². The van der Waals surface area contributed by atoms with Gasteiger partial charge in [0.05, 0.1) is 7.11 Å². The number of fused-ring (bicyclic) bond motifs is 1. The number of methoxy groups -OCH3 is 1. The molecule has 0 spiro atoms. The van der Waals surface area contributed by atoms with E-state index in [-0.39, 0.29) is 5.76 Å². The molecule has 1 heterocycles. The van der Waals surface area contributed by atoms with E-state index in [0.717, 1.165) is 16.7 Å². The second-order valence-electron chi connectivity index (χ2n) is 5.90. The third-order valence-corrected chi connectivity index (χ3v) is 4.30. The molecular formula is C20H18ClNO5. The number of halogens is 1. The summed E-state index contributed by atoms with van der Waals surface area (Å²) >= 11 is 5.97. The number of hydrogen-bond acceptors (Lipinski definition) is 5. The van der Waals surface area contributed by atoms with Crippen molar-refractivity contribution in [1.29, 1.82) is 0 Å². The molecule has 0 unspecified atom stereocenters. The summed E-state index contributed by atoms with van der Waals surface area (Å²) in [5.74, 6) is -0.299. The van der Waals surface area contributed by atoms with Gasteiger partial charge in [-0.15, -0.1) is 0 Å². The molecule has 3 aromatic rings. The molecule has 7 heteroatoms. The van der Waals surface area contributed by atoms with E-state index in [1.54, 1.807) is 44.4 Å². The van der Waals surface area contributed by atoms with Crippen LogP contribution in [-0.2, 0) is 16.1 Å². The fourth-order valence-corrected chi connectivity index (χ4v) is 2.75. The van der Waals surface area contributed by atoms with Gasteiger partial charge < -0.3 is 19.2 Å². The minimum Gasteiger partial charge on any atom is -0.497 e. The Hall–Kier alpha value is -2.99. The molecule has 0 aliphatic heterocycles. The molecule has 1 aromatic heterocycles. The van der Waals surface area contributed by atoms with Crippen LogP contribution < -0.4 is 10.1 Å². The van der Waals surface area contributed by atoms with Crippen LogP contribution in [0.4, 0.5) is 0 Å². The van der Waals surface area contributed by atoms with Gasteiger partial charge in [0, 0.05) is 22.5 Å². The first-order chi connectivity index (χ1) is 13.0. The highest BCUT2D eigenvalue weighted by Gasteiger charge is 2.20. The predicted octanol–water partition coefficient (Wildman–Crippen LogP) is 3.88. The molecule has 27 heavy (non-hydrogen) atoms. The van der Waals surface area contributed by atoms with E-state index >= 15 is 0 Å². The van der Waals surface area contributed by atoms with Crippen LogP contribution in [0.25, 0.3) is 11.0 Å². The van der Waals surface area contributed by atoms with Crippen LogP contribution in [0.3, 0.4) is 0 Å². The molecule has 0 aliphatic rings. The first kappa shape index (κ1) is 18.8. The third kappa shape index (κ3) is 4.41. The average molecular weight is 388 g/mol. The summed E-state index contributed by atoms with van der Waals surface area (Å²) in [7, 11) is 1.59. The lowest BCUT2D eigenvalue weighted by molar-refractivity contribution is -0.124. The van der Waals surface area contributed by atoms with E-state index in [1.807, 2.05) is 12.1 Å². The fraction of sp³-hybridized carbons (Fsp3) is 0.200. The molecule has 2 aromatic carbocycles. The molecule has 0 aliphatic carbocycles. The minimum absolute atomic E-state index is 0.0650. The van der Waals surface area contributed by atoms with Gasteiger partial charge in [-0.25, -0.2) is 4.79 Å². The highest BCUT2D eigenvalue weighted by Crippen LogP contribution is 2.28. The summed E-state index contributed by atoms with van der Waals surface area (Å²) < 4.78 is 15.7. The summed E-state index contributed by atoms with van der Waals surface area (Å²) in [5.41, 5.74) is 2.06. The van der Waals surface area contributed by atoms with Crippen LogP contribution in [0, 0.1) is 6.92 Å². The Morgan fingerprint density at radius 1 is 1.15 bits per heavy atom. The molecular weight excluding hydrogens is 370 g/mol. The van der Waals surface area contributed by atoms with Crippen molar-refractivity contribution >= 4 is 34.4 Å². The Kier molecular flexibility index (Phi) is 5.66. The number of furan rings is 1. The molecule has 6 nitrogen and oxygen atoms in total. The van der Waals surface area contributed by atoms with Gasteiger partial charge in [-0.05, 0) is 42.8 Å². The van der Waals surface area contributed by atoms with Crippen molar-refractivity contribution < 1.29 is 23.5 Å². The van der Waals surface area contributed by atoms with Crippen molar-refractivity contribution in [3.63, 3.8) is 0 Å². The van der Waals surface area contributed by atoms with E-state index in [2.05, 4.69) is 5.32 Å². The number of amides is 1. The Morgan fingerprint density at radius 3 is 2.59 bits per heavy atom. The monoisotopic (exact) mass is 387 g/mol.